The van der Waals surface area contributed by atoms with Gasteiger partial charge in [-0.25, -0.2) is 18.7 Å². The number of nitrogen functional groups attached to an aromatic ring is 2. The van der Waals surface area contributed by atoms with Gasteiger partial charge in [0.1, 0.15) is 28.8 Å². The van der Waals surface area contributed by atoms with Crippen molar-refractivity contribution >= 4 is 28.7 Å². The molecule has 10 nitrogen and oxygen atoms in total. The summed E-state index contributed by atoms with van der Waals surface area (Å²) in [4.78, 5) is 8.09. The smallest absolute Gasteiger partial charge is 0.205 e. The second-order valence-electron chi connectivity index (χ2n) is 6.46. The molecular formula is C20H21F2N9O. The third-order valence-electron chi connectivity index (χ3n) is 4.41. The Morgan fingerprint density at radius 1 is 1.16 bits per heavy atom. The van der Waals surface area contributed by atoms with Crippen molar-refractivity contribution < 1.29 is 13.5 Å². The molecule has 0 aliphatic rings. The lowest BCUT2D eigenvalue weighted by atomic mass is 10.1. The average Bonchev–Trinajstić information content (AvgIpc) is 2.76. The summed E-state index contributed by atoms with van der Waals surface area (Å²) in [5, 5.41) is 18.2. The van der Waals surface area contributed by atoms with Gasteiger partial charge in [0.25, 0.3) is 0 Å². The summed E-state index contributed by atoms with van der Waals surface area (Å²) in [6.45, 7) is 1.83. The lowest BCUT2D eigenvalue weighted by molar-refractivity contribution is 0.335. The average molecular weight is 441 g/mol. The van der Waals surface area contributed by atoms with E-state index >= 15 is 0 Å². The van der Waals surface area contributed by atoms with Crippen LogP contribution in [0.2, 0.25) is 0 Å². The van der Waals surface area contributed by atoms with Gasteiger partial charge in [0, 0.05) is 35.5 Å². The van der Waals surface area contributed by atoms with E-state index < -0.39 is 11.6 Å². The monoisotopic (exact) mass is 441 g/mol. The van der Waals surface area contributed by atoms with Gasteiger partial charge in [-0.15, -0.1) is 5.11 Å². The molecule has 3 aromatic rings. The highest BCUT2D eigenvalue weighted by atomic mass is 19.1. The minimum Gasteiger partial charge on any atom is -0.494 e. The molecule has 32 heavy (non-hydrogen) atoms. The second-order valence-corrected chi connectivity index (χ2v) is 6.46. The van der Waals surface area contributed by atoms with E-state index in [9.17, 15) is 8.78 Å². The molecule has 0 unspecified atom stereocenters. The maximum absolute atomic E-state index is 14.4. The Hall–Kier alpha value is -4.35. The van der Waals surface area contributed by atoms with E-state index in [-0.39, 0.29) is 53.3 Å². The van der Waals surface area contributed by atoms with Gasteiger partial charge in [-0.1, -0.05) is 23.4 Å². The van der Waals surface area contributed by atoms with Gasteiger partial charge in [0.05, 0.1) is 6.61 Å². The minimum absolute atomic E-state index is 0.0244. The predicted molar refractivity (Wildman–Crippen MR) is 117 cm³/mol. The zero-order valence-electron chi connectivity index (χ0n) is 17.1. The van der Waals surface area contributed by atoms with Crippen LogP contribution in [0.15, 0.2) is 46.7 Å². The van der Waals surface area contributed by atoms with Gasteiger partial charge < -0.3 is 27.4 Å². The van der Waals surface area contributed by atoms with Gasteiger partial charge in [0.15, 0.2) is 11.6 Å². The molecule has 0 saturated heterocycles. The van der Waals surface area contributed by atoms with Crippen LogP contribution >= 0.6 is 0 Å². The summed E-state index contributed by atoms with van der Waals surface area (Å²) in [5.74, 6) is 3.41. The van der Waals surface area contributed by atoms with Crippen molar-refractivity contribution in [3.8, 4) is 5.75 Å². The summed E-state index contributed by atoms with van der Waals surface area (Å²) < 4.78 is 33.9. The largest absolute Gasteiger partial charge is 0.494 e. The van der Waals surface area contributed by atoms with E-state index in [2.05, 4.69) is 25.6 Å². The van der Waals surface area contributed by atoms with Crippen molar-refractivity contribution in [3.63, 3.8) is 0 Å². The predicted octanol–water partition coefficient (Wildman–Crippen LogP) is 3.30. The first-order valence-corrected chi connectivity index (χ1v) is 9.42. The van der Waals surface area contributed by atoms with E-state index in [1.165, 1.54) is 0 Å². The standard InChI is InChI=1S/C20H21F2N9O/c1-2-32-10-7-13(21)12(14(22)8-10)9-27-15-6-4-3-5-11(15)16(23)19-28-18(25)17(24)20(29-19)30-31-26/h3-8,23,27H,2,9,24H2,1H3,(H4,25,26,28,29,30). The molecule has 2 aromatic carbocycles. The zero-order chi connectivity index (χ0) is 23.3. The second kappa shape index (κ2) is 9.64. The Morgan fingerprint density at radius 2 is 1.84 bits per heavy atom. The van der Waals surface area contributed by atoms with Crippen LogP contribution < -0.4 is 27.4 Å². The van der Waals surface area contributed by atoms with Crippen molar-refractivity contribution in [2.24, 2.45) is 16.2 Å². The van der Waals surface area contributed by atoms with E-state index in [1.54, 1.807) is 31.2 Å². The number of aromatic nitrogens is 2. The summed E-state index contributed by atoms with van der Waals surface area (Å²) in [7, 11) is 0. The summed E-state index contributed by atoms with van der Waals surface area (Å²) in [6, 6.07) is 8.90. The molecular weight excluding hydrogens is 420 g/mol. The number of halogens is 2. The third-order valence-corrected chi connectivity index (χ3v) is 4.41. The molecule has 0 bridgehead atoms. The van der Waals surface area contributed by atoms with E-state index in [4.69, 9.17) is 27.5 Å². The Kier molecular flexibility index (Phi) is 6.73. The number of nitrogens with one attached hydrogen (secondary N) is 2. The van der Waals surface area contributed by atoms with Crippen LogP contribution in [0.4, 0.5) is 31.8 Å². The van der Waals surface area contributed by atoms with E-state index in [0.29, 0.717) is 11.3 Å². The number of anilines is 3. The normalized spacial score (nSPS) is 11.0. The number of nitrogens with two attached hydrogens (primary N) is 3. The van der Waals surface area contributed by atoms with Crippen LogP contribution in [0.5, 0.6) is 5.75 Å². The molecule has 1 aromatic heterocycles. The highest BCUT2D eigenvalue weighted by Crippen LogP contribution is 2.27. The number of rotatable bonds is 8. The van der Waals surface area contributed by atoms with Crippen LogP contribution in [0.3, 0.4) is 0 Å². The number of nitrogens with zero attached hydrogens (tertiary/aromatic N) is 4. The number of hydrogen-bond acceptors (Lipinski definition) is 9. The summed E-state index contributed by atoms with van der Waals surface area (Å²) in [6.07, 6.45) is 0. The Labute approximate surface area is 182 Å². The molecule has 0 atom stereocenters. The van der Waals surface area contributed by atoms with Gasteiger partial charge in [-0.3, -0.25) is 5.41 Å². The lowest BCUT2D eigenvalue weighted by Gasteiger charge is -2.14. The summed E-state index contributed by atoms with van der Waals surface area (Å²) >= 11 is 0. The topological polar surface area (TPSA) is 174 Å². The SMILES string of the molecule is CCOc1cc(F)c(CNc2ccccc2C(=N)c2nc(N)c(N)c(N=NN)n2)c(F)c1. The Morgan fingerprint density at radius 3 is 2.50 bits per heavy atom. The number of benzene rings is 2. The third kappa shape index (κ3) is 4.69. The van der Waals surface area contributed by atoms with E-state index in [0.717, 1.165) is 12.1 Å². The van der Waals surface area contributed by atoms with Gasteiger partial charge >= 0.3 is 0 Å². The zero-order valence-corrected chi connectivity index (χ0v) is 17.1. The lowest BCUT2D eigenvalue weighted by Crippen LogP contribution is -2.14. The number of para-hydroxylation sites is 1. The molecule has 166 valence electrons. The van der Waals surface area contributed by atoms with Crippen molar-refractivity contribution in [1.82, 2.24) is 9.97 Å². The first kappa shape index (κ1) is 22.3. The first-order valence-electron chi connectivity index (χ1n) is 9.42. The Bertz CT molecular complexity index is 1160. The van der Waals surface area contributed by atoms with Crippen molar-refractivity contribution in [3.05, 3.63) is 65.0 Å². The minimum atomic E-state index is -0.750. The van der Waals surface area contributed by atoms with E-state index in [1.807, 2.05) is 0 Å². The molecule has 8 N–H and O–H groups in total. The molecule has 0 saturated carbocycles. The van der Waals surface area contributed by atoms with Crippen LogP contribution in [-0.2, 0) is 6.54 Å². The maximum atomic E-state index is 14.4. The molecule has 0 aliphatic carbocycles. The fourth-order valence-corrected chi connectivity index (χ4v) is 2.88. The molecule has 0 radical (unpaired) electrons. The molecule has 12 heteroatoms. The van der Waals surface area contributed by atoms with Crippen LogP contribution in [0.1, 0.15) is 23.9 Å². The molecule has 0 aliphatic heterocycles. The van der Waals surface area contributed by atoms with Gasteiger partial charge in [-0.2, -0.15) is 0 Å². The van der Waals surface area contributed by atoms with Gasteiger partial charge in [0.2, 0.25) is 5.82 Å². The highest BCUT2D eigenvalue weighted by Gasteiger charge is 2.18. The van der Waals surface area contributed by atoms with Crippen LogP contribution in [0, 0.1) is 17.0 Å². The summed E-state index contributed by atoms with van der Waals surface area (Å²) in [5.41, 5.74) is 12.0. The maximum Gasteiger partial charge on any atom is 0.205 e. The number of hydrogen-bond donors (Lipinski definition) is 5. The molecule has 0 fully saturated rings. The number of ether oxygens (including phenoxy) is 1. The molecule has 3 rings (SSSR count). The fraction of sp³-hybridized carbons (Fsp3) is 0.150. The fourth-order valence-electron chi connectivity index (χ4n) is 2.88. The van der Waals surface area contributed by atoms with Crippen molar-refractivity contribution in [2.75, 3.05) is 23.4 Å². The van der Waals surface area contributed by atoms with Crippen LogP contribution in [0.25, 0.3) is 0 Å². The van der Waals surface area contributed by atoms with Crippen molar-refractivity contribution in [2.45, 2.75) is 13.5 Å². The Balaban J connectivity index is 1.90. The quantitative estimate of drug-likeness (QED) is 0.154. The van der Waals surface area contributed by atoms with Crippen LogP contribution in [-0.4, -0.2) is 22.3 Å². The molecule has 0 amide bonds. The molecule has 0 spiro atoms. The molecule has 1 heterocycles. The highest BCUT2D eigenvalue weighted by molar-refractivity contribution is 6.12. The van der Waals surface area contributed by atoms with Crippen molar-refractivity contribution in [1.29, 1.82) is 5.41 Å². The van der Waals surface area contributed by atoms with Gasteiger partial charge in [-0.05, 0) is 13.0 Å². The first-order chi connectivity index (χ1) is 15.3.